The van der Waals surface area contributed by atoms with Gasteiger partial charge in [-0.1, -0.05) is 127 Å². The van der Waals surface area contributed by atoms with E-state index in [1.165, 1.54) is 18.2 Å². The molecule has 310 valence electrons. The van der Waals surface area contributed by atoms with Crippen molar-refractivity contribution in [3.05, 3.63) is 230 Å². The molecule has 0 N–H and O–H groups in total. The minimum absolute atomic E-state index is 0.207. The summed E-state index contributed by atoms with van der Waals surface area (Å²) in [5, 5.41) is 15.3. The molecule has 0 amide bonds. The quantitative estimate of drug-likeness (QED) is 0.160. The number of halogens is 2. The monoisotopic (exact) mass is 851 g/mol. The lowest BCUT2D eigenvalue weighted by molar-refractivity contribution is 0.589. The number of rotatable bonds is 7. The molecule has 66 heavy (non-hydrogen) atoms. The highest BCUT2D eigenvalue weighted by molar-refractivity contribution is 6.13. The van der Waals surface area contributed by atoms with Crippen molar-refractivity contribution in [2.45, 2.75) is 0 Å². The Balaban J connectivity index is 1.07. The Kier molecular flexibility index (Phi) is 9.18. The number of pyridine rings is 2. The van der Waals surface area contributed by atoms with E-state index in [9.17, 15) is 5.26 Å². The highest BCUT2D eigenvalue weighted by atomic mass is 19.1. The topological polar surface area (TPSA) is 59.4 Å². The van der Waals surface area contributed by atoms with Crippen LogP contribution in [0.25, 0.3) is 111 Å². The van der Waals surface area contributed by atoms with Crippen LogP contribution in [0.1, 0.15) is 5.56 Å². The number of hydrogen-bond donors (Lipinski definition) is 0. The minimum atomic E-state index is -0.724. The van der Waals surface area contributed by atoms with Gasteiger partial charge < -0.3 is 9.13 Å². The van der Waals surface area contributed by atoms with Crippen LogP contribution in [-0.4, -0.2) is 19.1 Å². The van der Waals surface area contributed by atoms with E-state index in [4.69, 9.17) is 9.97 Å². The molecular formula is C59H35F2N5. The second-order valence-electron chi connectivity index (χ2n) is 16.3. The molecule has 0 unspecified atom stereocenters. The minimum Gasteiger partial charge on any atom is -0.308 e. The van der Waals surface area contributed by atoms with E-state index < -0.39 is 11.6 Å². The third kappa shape index (κ3) is 6.27. The smallest absolute Gasteiger partial charge is 0.134 e. The zero-order chi connectivity index (χ0) is 44.3. The first-order chi connectivity index (χ1) is 32.5. The van der Waals surface area contributed by atoms with Crippen LogP contribution in [0.5, 0.6) is 0 Å². The van der Waals surface area contributed by atoms with Crippen LogP contribution in [0.3, 0.4) is 0 Å². The molecule has 0 aliphatic rings. The lowest BCUT2D eigenvalue weighted by atomic mass is 9.97. The summed E-state index contributed by atoms with van der Waals surface area (Å²) in [7, 11) is 0. The molecule has 0 aliphatic carbocycles. The van der Waals surface area contributed by atoms with Crippen LogP contribution in [-0.2, 0) is 0 Å². The summed E-state index contributed by atoms with van der Waals surface area (Å²) in [5.41, 5.74) is 12.3. The van der Waals surface area contributed by atoms with Gasteiger partial charge in [-0.2, -0.15) is 5.26 Å². The molecule has 0 atom stereocenters. The standard InChI is InChI=1S/C59H35F2N5/c60-49-18-11-19-50(61)58(49)45-26-31-57(65-53-20-9-7-16-43(53)46-32-39(24-29-55(46)65)41-22-27-51(63-35-41)37-12-3-1-4-13-37)48(34-62)59(45)66-54-21-10-8-17-44(54)47-33-40(25-30-56(47)66)42-23-28-52(64-36-42)38-14-5-2-6-15-38/h1-33,35-36H. The van der Waals surface area contributed by atoms with Crippen molar-refractivity contribution in [3.8, 4) is 73.3 Å². The van der Waals surface area contributed by atoms with Crippen molar-refractivity contribution in [3.63, 3.8) is 0 Å². The van der Waals surface area contributed by atoms with Crippen molar-refractivity contribution in [2.24, 2.45) is 0 Å². The second kappa shape index (κ2) is 15.7. The highest BCUT2D eigenvalue weighted by Gasteiger charge is 2.27. The zero-order valence-corrected chi connectivity index (χ0v) is 35.2. The van der Waals surface area contributed by atoms with Gasteiger partial charge in [0.15, 0.2) is 0 Å². The maximum Gasteiger partial charge on any atom is 0.134 e. The van der Waals surface area contributed by atoms with Crippen molar-refractivity contribution < 1.29 is 8.78 Å². The molecule has 12 rings (SSSR count). The Bertz CT molecular complexity index is 3860. The summed E-state index contributed by atoms with van der Waals surface area (Å²) >= 11 is 0. The van der Waals surface area contributed by atoms with Crippen LogP contribution in [0.15, 0.2) is 213 Å². The van der Waals surface area contributed by atoms with Crippen molar-refractivity contribution in [1.29, 1.82) is 5.26 Å². The summed E-state index contributed by atoms with van der Waals surface area (Å²) < 4.78 is 36.3. The van der Waals surface area contributed by atoms with Crippen LogP contribution in [0.2, 0.25) is 0 Å². The molecule has 0 fully saturated rings. The lowest BCUT2D eigenvalue weighted by Crippen LogP contribution is -2.07. The number of para-hydroxylation sites is 2. The van der Waals surface area contributed by atoms with Gasteiger partial charge in [-0.3, -0.25) is 9.97 Å². The Morgan fingerprint density at radius 2 is 0.864 bits per heavy atom. The number of aromatic nitrogens is 4. The average Bonchev–Trinajstić information content (AvgIpc) is 3.88. The number of fused-ring (bicyclic) bond motifs is 6. The summed E-state index contributed by atoms with van der Waals surface area (Å²) in [6.07, 6.45) is 3.78. The Morgan fingerprint density at radius 1 is 0.394 bits per heavy atom. The SMILES string of the molecule is N#Cc1c(-n2c3ccccc3c3cc(-c4ccc(-c5ccccc5)nc4)ccc32)ccc(-c2c(F)cccc2F)c1-n1c2ccccc2c2cc(-c3ccc(-c4ccccc4)nc3)ccc21. The predicted molar refractivity (Wildman–Crippen MR) is 263 cm³/mol. The molecule has 0 spiro atoms. The highest BCUT2D eigenvalue weighted by Crippen LogP contribution is 2.44. The van der Waals surface area contributed by atoms with Gasteiger partial charge in [0.2, 0.25) is 0 Å². The molecular weight excluding hydrogens is 817 g/mol. The zero-order valence-electron chi connectivity index (χ0n) is 35.2. The van der Waals surface area contributed by atoms with Gasteiger partial charge in [0, 0.05) is 61.8 Å². The molecule has 0 bridgehead atoms. The van der Waals surface area contributed by atoms with Gasteiger partial charge in [0.1, 0.15) is 23.3 Å². The molecule has 4 heterocycles. The molecule has 5 nitrogen and oxygen atoms in total. The fraction of sp³-hybridized carbons (Fsp3) is 0. The Labute approximate surface area is 378 Å². The first-order valence-corrected chi connectivity index (χ1v) is 21.7. The average molecular weight is 852 g/mol. The van der Waals surface area contributed by atoms with Gasteiger partial charge in [0.25, 0.3) is 0 Å². The molecule has 0 saturated carbocycles. The maximum atomic E-state index is 16.1. The fourth-order valence-electron chi connectivity index (χ4n) is 9.56. The van der Waals surface area contributed by atoms with Gasteiger partial charge in [-0.05, 0) is 83.9 Å². The van der Waals surface area contributed by atoms with Gasteiger partial charge in [0.05, 0.1) is 50.4 Å². The number of hydrogen-bond acceptors (Lipinski definition) is 3. The van der Waals surface area contributed by atoms with Gasteiger partial charge >= 0.3 is 0 Å². The number of nitriles is 1. The number of nitrogens with zero attached hydrogens (tertiary/aromatic N) is 5. The normalized spacial score (nSPS) is 11.5. The number of benzene rings is 8. The van der Waals surface area contributed by atoms with Crippen molar-refractivity contribution >= 4 is 43.6 Å². The third-order valence-electron chi connectivity index (χ3n) is 12.6. The second-order valence-corrected chi connectivity index (χ2v) is 16.3. The Morgan fingerprint density at radius 3 is 1.38 bits per heavy atom. The summed E-state index contributed by atoms with van der Waals surface area (Å²) in [5.74, 6) is -1.45. The van der Waals surface area contributed by atoms with Gasteiger partial charge in [-0.15, -0.1) is 0 Å². The third-order valence-corrected chi connectivity index (χ3v) is 12.6. The molecule has 7 heteroatoms. The fourth-order valence-corrected chi connectivity index (χ4v) is 9.56. The van der Waals surface area contributed by atoms with Crippen LogP contribution < -0.4 is 0 Å². The van der Waals surface area contributed by atoms with E-state index in [1.54, 1.807) is 6.07 Å². The molecule has 0 aliphatic heterocycles. The predicted octanol–water partition coefficient (Wildman–Crippen LogP) is 15.2. The van der Waals surface area contributed by atoms with E-state index in [1.807, 2.05) is 150 Å². The molecule has 0 saturated heterocycles. The molecule has 8 aromatic carbocycles. The first kappa shape index (κ1) is 38.7. The maximum absolute atomic E-state index is 16.1. The molecule has 12 aromatic rings. The van der Waals surface area contributed by atoms with E-state index in [2.05, 4.69) is 53.1 Å². The Hall–Kier alpha value is -8.99. The van der Waals surface area contributed by atoms with Crippen LogP contribution in [0, 0.1) is 23.0 Å². The van der Waals surface area contributed by atoms with E-state index in [0.29, 0.717) is 11.4 Å². The van der Waals surface area contributed by atoms with E-state index in [0.717, 1.165) is 88.4 Å². The largest absolute Gasteiger partial charge is 0.308 e. The first-order valence-electron chi connectivity index (χ1n) is 21.7. The van der Waals surface area contributed by atoms with Crippen molar-refractivity contribution in [2.75, 3.05) is 0 Å². The summed E-state index contributed by atoms with van der Waals surface area (Å²) in [6.45, 7) is 0. The van der Waals surface area contributed by atoms with Crippen LogP contribution in [0.4, 0.5) is 8.78 Å². The van der Waals surface area contributed by atoms with E-state index >= 15 is 8.78 Å². The van der Waals surface area contributed by atoms with E-state index in [-0.39, 0.29) is 16.7 Å². The molecule has 4 aromatic heterocycles. The lowest BCUT2D eigenvalue weighted by Gasteiger charge is -2.20. The van der Waals surface area contributed by atoms with Crippen molar-refractivity contribution in [1.82, 2.24) is 19.1 Å². The van der Waals surface area contributed by atoms with Gasteiger partial charge in [-0.25, -0.2) is 8.78 Å². The van der Waals surface area contributed by atoms with Crippen LogP contribution >= 0.6 is 0 Å². The summed E-state index contributed by atoms with van der Waals surface area (Å²) in [4.78, 5) is 9.60. The molecule has 0 radical (unpaired) electrons. The summed E-state index contributed by atoms with van der Waals surface area (Å²) in [6, 6.07) is 66.9.